The molecule has 122 valence electrons. The Morgan fingerprint density at radius 1 is 1.32 bits per heavy atom. The average molecular weight is 326 g/mol. The molecule has 1 N–H and O–H groups in total. The molecule has 0 spiro atoms. The number of carbonyl (C=O) groups excluding carboxylic acids is 1. The van der Waals surface area contributed by atoms with Gasteiger partial charge in [-0.2, -0.15) is 0 Å². The summed E-state index contributed by atoms with van der Waals surface area (Å²) in [6.45, 7) is 8.70. The first-order valence-corrected chi connectivity index (χ1v) is 7.97. The number of amides is 1. The van der Waals surface area contributed by atoms with Gasteiger partial charge in [-0.25, -0.2) is 0 Å². The smallest absolute Gasteiger partial charge is 0.238 e. The quantitative estimate of drug-likeness (QED) is 0.902. The highest BCUT2D eigenvalue weighted by atomic mass is 35.5. The summed E-state index contributed by atoms with van der Waals surface area (Å²) in [7, 11) is 1.57. The lowest BCUT2D eigenvalue weighted by Gasteiger charge is -2.36. The Balaban J connectivity index is 1.82. The largest absolute Gasteiger partial charge is 0.495 e. The van der Waals surface area contributed by atoms with Crippen molar-refractivity contribution in [3.05, 3.63) is 23.2 Å². The van der Waals surface area contributed by atoms with E-state index in [1.54, 1.807) is 25.3 Å². The van der Waals surface area contributed by atoms with Crippen LogP contribution in [-0.4, -0.2) is 61.6 Å². The lowest BCUT2D eigenvalue weighted by molar-refractivity contribution is -0.117. The normalized spacial score (nSPS) is 16.8. The van der Waals surface area contributed by atoms with Crippen LogP contribution in [-0.2, 0) is 4.79 Å². The Labute approximate surface area is 137 Å². The lowest BCUT2D eigenvalue weighted by Crippen LogP contribution is -2.50. The third kappa shape index (κ3) is 4.60. The molecule has 0 aliphatic carbocycles. The van der Waals surface area contributed by atoms with E-state index < -0.39 is 0 Å². The number of carbonyl (C=O) groups is 1. The minimum Gasteiger partial charge on any atom is -0.495 e. The maximum Gasteiger partial charge on any atom is 0.238 e. The van der Waals surface area contributed by atoms with Crippen molar-refractivity contribution < 1.29 is 9.53 Å². The average Bonchev–Trinajstić information content (AvgIpc) is 2.48. The molecule has 2 rings (SSSR count). The Kier molecular flexibility index (Phi) is 6.06. The number of rotatable bonds is 5. The summed E-state index contributed by atoms with van der Waals surface area (Å²) in [5.41, 5.74) is 0.691. The number of halogens is 1. The van der Waals surface area contributed by atoms with Gasteiger partial charge in [0.2, 0.25) is 5.91 Å². The molecule has 1 aliphatic rings. The Hall–Kier alpha value is -1.30. The molecule has 0 bridgehead atoms. The molecule has 6 heteroatoms. The number of anilines is 1. The molecular weight excluding hydrogens is 302 g/mol. The molecule has 1 amide bonds. The molecule has 1 aromatic carbocycles. The van der Waals surface area contributed by atoms with Gasteiger partial charge in [0.25, 0.3) is 0 Å². The standard InChI is InChI=1S/C16H24ClN3O2/c1-12(2)20-8-6-19(7-9-20)11-16(21)18-13-4-5-15(22-3)14(17)10-13/h4-5,10,12H,6-9,11H2,1-3H3,(H,18,21). The highest BCUT2D eigenvalue weighted by Crippen LogP contribution is 2.27. The van der Waals surface area contributed by atoms with E-state index in [9.17, 15) is 4.79 Å². The molecule has 1 aromatic rings. The van der Waals surface area contributed by atoms with Crippen molar-refractivity contribution >= 4 is 23.2 Å². The van der Waals surface area contributed by atoms with Gasteiger partial charge in [0.15, 0.2) is 0 Å². The van der Waals surface area contributed by atoms with Gasteiger partial charge in [-0.15, -0.1) is 0 Å². The molecule has 0 aromatic heterocycles. The van der Waals surface area contributed by atoms with E-state index in [0.717, 1.165) is 26.2 Å². The highest BCUT2D eigenvalue weighted by molar-refractivity contribution is 6.32. The summed E-state index contributed by atoms with van der Waals surface area (Å²) >= 11 is 6.06. The Morgan fingerprint density at radius 3 is 2.55 bits per heavy atom. The Bertz CT molecular complexity index is 514. The highest BCUT2D eigenvalue weighted by Gasteiger charge is 2.20. The van der Waals surface area contributed by atoms with E-state index in [1.807, 2.05) is 0 Å². The lowest BCUT2D eigenvalue weighted by atomic mass is 10.2. The third-order valence-electron chi connectivity index (χ3n) is 3.94. The molecule has 1 saturated heterocycles. The summed E-state index contributed by atoms with van der Waals surface area (Å²) < 4.78 is 5.10. The van der Waals surface area contributed by atoms with Crippen LogP contribution in [0.25, 0.3) is 0 Å². The summed E-state index contributed by atoms with van der Waals surface area (Å²) in [5, 5.41) is 3.37. The number of nitrogens with zero attached hydrogens (tertiary/aromatic N) is 2. The molecule has 0 unspecified atom stereocenters. The molecule has 5 nitrogen and oxygen atoms in total. The molecule has 0 radical (unpaired) electrons. The zero-order valence-corrected chi connectivity index (χ0v) is 14.2. The summed E-state index contributed by atoms with van der Waals surface area (Å²) in [4.78, 5) is 16.7. The monoisotopic (exact) mass is 325 g/mol. The summed E-state index contributed by atoms with van der Waals surface area (Å²) in [5.74, 6) is 0.587. The second-order valence-corrected chi connectivity index (χ2v) is 6.21. The number of nitrogens with one attached hydrogen (secondary N) is 1. The second-order valence-electron chi connectivity index (χ2n) is 5.80. The van der Waals surface area contributed by atoms with E-state index in [2.05, 4.69) is 29.0 Å². The zero-order chi connectivity index (χ0) is 16.1. The minimum atomic E-state index is -0.0146. The minimum absolute atomic E-state index is 0.0146. The fraction of sp³-hybridized carbons (Fsp3) is 0.562. The predicted octanol–water partition coefficient (Wildman–Crippen LogP) is 2.31. The fourth-order valence-electron chi connectivity index (χ4n) is 2.59. The molecule has 0 atom stereocenters. The maximum atomic E-state index is 12.1. The first-order chi connectivity index (χ1) is 10.5. The Morgan fingerprint density at radius 2 is 2.00 bits per heavy atom. The van der Waals surface area contributed by atoms with Crippen molar-refractivity contribution in [1.29, 1.82) is 0 Å². The zero-order valence-electron chi connectivity index (χ0n) is 13.4. The maximum absolute atomic E-state index is 12.1. The number of hydrogen-bond acceptors (Lipinski definition) is 4. The molecule has 1 aliphatic heterocycles. The van der Waals surface area contributed by atoms with Gasteiger partial charge >= 0.3 is 0 Å². The third-order valence-corrected chi connectivity index (χ3v) is 4.24. The molecule has 1 fully saturated rings. The van der Waals surface area contributed by atoms with Crippen molar-refractivity contribution in [1.82, 2.24) is 9.80 Å². The van der Waals surface area contributed by atoms with E-state index in [0.29, 0.717) is 29.0 Å². The van der Waals surface area contributed by atoms with Crippen LogP contribution in [0.5, 0.6) is 5.75 Å². The van der Waals surface area contributed by atoms with Crippen molar-refractivity contribution in [2.45, 2.75) is 19.9 Å². The first-order valence-electron chi connectivity index (χ1n) is 7.59. The number of piperazine rings is 1. The predicted molar refractivity (Wildman–Crippen MR) is 89.8 cm³/mol. The van der Waals surface area contributed by atoms with Crippen LogP contribution in [0.1, 0.15) is 13.8 Å². The first kappa shape index (κ1) is 17.1. The van der Waals surface area contributed by atoms with Gasteiger partial charge < -0.3 is 10.1 Å². The number of benzene rings is 1. The number of hydrogen-bond donors (Lipinski definition) is 1. The summed E-state index contributed by atoms with van der Waals surface area (Å²) in [6, 6.07) is 5.81. The van der Waals surface area contributed by atoms with E-state index in [4.69, 9.17) is 16.3 Å². The van der Waals surface area contributed by atoms with E-state index >= 15 is 0 Å². The van der Waals surface area contributed by atoms with Crippen LogP contribution in [0.15, 0.2) is 18.2 Å². The second kappa shape index (κ2) is 7.81. The van der Waals surface area contributed by atoms with Gasteiger partial charge in [-0.3, -0.25) is 14.6 Å². The van der Waals surface area contributed by atoms with Crippen LogP contribution in [0.4, 0.5) is 5.69 Å². The van der Waals surface area contributed by atoms with Gasteiger partial charge in [0, 0.05) is 37.9 Å². The fourth-order valence-corrected chi connectivity index (χ4v) is 2.84. The molecular formula is C16H24ClN3O2. The van der Waals surface area contributed by atoms with Crippen LogP contribution >= 0.6 is 11.6 Å². The van der Waals surface area contributed by atoms with Crippen LogP contribution in [0, 0.1) is 0 Å². The number of methoxy groups -OCH3 is 1. The van der Waals surface area contributed by atoms with Crippen molar-refractivity contribution in [3.63, 3.8) is 0 Å². The van der Waals surface area contributed by atoms with Gasteiger partial charge in [-0.1, -0.05) is 11.6 Å². The van der Waals surface area contributed by atoms with Crippen LogP contribution < -0.4 is 10.1 Å². The van der Waals surface area contributed by atoms with Gasteiger partial charge in [-0.05, 0) is 32.0 Å². The van der Waals surface area contributed by atoms with Gasteiger partial charge in [0.1, 0.15) is 5.75 Å². The van der Waals surface area contributed by atoms with Gasteiger partial charge in [0.05, 0.1) is 18.7 Å². The number of ether oxygens (including phenoxy) is 1. The SMILES string of the molecule is COc1ccc(NC(=O)CN2CCN(C(C)C)CC2)cc1Cl. The van der Waals surface area contributed by atoms with Crippen molar-refractivity contribution in [2.75, 3.05) is 45.2 Å². The van der Waals surface area contributed by atoms with Crippen molar-refractivity contribution in [2.24, 2.45) is 0 Å². The van der Waals surface area contributed by atoms with Crippen molar-refractivity contribution in [3.8, 4) is 5.75 Å². The summed E-state index contributed by atoms with van der Waals surface area (Å²) in [6.07, 6.45) is 0. The van der Waals surface area contributed by atoms with Crippen LogP contribution in [0.2, 0.25) is 5.02 Å². The molecule has 1 heterocycles. The van der Waals surface area contributed by atoms with Crippen LogP contribution in [0.3, 0.4) is 0 Å². The molecule has 0 saturated carbocycles. The van der Waals surface area contributed by atoms with E-state index in [1.165, 1.54) is 0 Å². The van der Waals surface area contributed by atoms with E-state index in [-0.39, 0.29) is 5.91 Å². The topological polar surface area (TPSA) is 44.8 Å². The molecule has 22 heavy (non-hydrogen) atoms.